The first-order valence-corrected chi connectivity index (χ1v) is 8.79. The SMILES string of the molecule is COc1ccc(-c2nnc(CSc3nnc(-c4ccccc4)o3)o2)cc1. The van der Waals surface area contributed by atoms with Gasteiger partial charge in [-0.2, -0.15) is 0 Å². The van der Waals surface area contributed by atoms with Gasteiger partial charge in [0.1, 0.15) is 5.75 Å². The maximum atomic E-state index is 5.68. The molecule has 0 spiro atoms. The van der Waals surface area contributed by atoms with Gasteiger partial charge in [0.2, 0.25) is 17.7 Å². The fourth-order valence-electron chi connectivity index (χ4n) is 2.25. The van der Waals surface area contributed by atoms with Crippen molar-refractivity contribution in [3.05, 3.63) is 60.5 Å². The normalized spacial score (nSPS) is 10.8. The van der Waals surface area contributed by atoms with Crippen LogP contribution in [0.15, 0.2) is 68.7 Å². The first kappa shape index (κ1) is 16.3. The van der Waals surface area contributed by atoms with Crippen molar-refractivity contribution in [3.63, 3.8) is 0 Å². The van der Waals surface area contributed by atoms with Crippen molar-refractivity contribution in [2.45, 2.75) is 11.0 Å². The molecule has 0 atom stereocenters. The Labute approximate surface area is 153 Å². The van der Waals surface area contributed by atoms with Gasteiger partial charge in [-0.15, -0.1) is 20.4 Å². The Morgan fingerprint density at radius 1 is 0.808 bits per heavy atom. The smallest absolute Gasteiger partial charge is 0.277 e. The van der Waals surface area contributed by atoms with E-state index in [0.29, 0.717) is 28.6 Å². The minimum atomic E-state index is 0.444. The largest absolute Gasteiger partial charge is 0.497 e. The summed E-state index contributed by atoms with van der Waals surface area (Å²) in [4.78, 5) is 0. The highest BCUT2D eigenvalue weighted by Crippen LogP contribution is 2.27. The van der Waals surface area contributed by atoms with Crippen molar-refractivity contribution in [3.8, 4) is 28.7 Å². The molecule has 2 aromatic carbocycles. The molecule has 2 aromatic heterocycles. The molecule has 26 heavy (non-hydrogen) atoms. The molecule has 0 radical (unpaired) electrons. The van der Waals surface area contributed by atoms with Crippen molar-refractivity contribution < 1.29 is 13.6 Å². The van der Waals surface area contributed by atoms with Crippen molar-refractivity contribution in [1.29, 1.82) is 0 Å². The lowest BCUT2D eigenvalue weighted by Crippen LogP contribution is -1.82. The lowest BCUT2D eigenvalue weighted by Gasteiger charge is -1.99. The van der Waals surface area contributed by atoms with Crippen LogP contribution in [0.4, 0.5) is 0 Å². The Hall–Kier alpha value is -3.13. The van der Waals surface area contributed by atoms with E-state index in [1.54, 1.807) is 7.11 Å². The second-order valence-corrected chi connectivity index (χ2v) is 6.18. The number of rotatable bonds is 6. The number of hydrogen-bond donors (Lipinski definition) is 0. The van der Waals surface area contributed by atoms with Crippen LogP contribution in [-0.4, -0.2) is 27.5 Å². The summed E-state index contributed by atoms with van der Waals surface area (Å²) in [7, 11) is 1.62. The van der Waals surface area contributed by atoms with E-state index in [1.165, 1.54) is 11.8 Å². The fourth-order valence-corrected chi connectivity index (χ4v) is 2.85. The molecule has 0 saturated carbocycles. The maximum Gasteiger partial charge on any atom is 0.277 e. The third-order valence-corrected chi connectivity index (χ3v) is 4.35. The molecule has 0 amide bonds. The first-order valence-electron chi connectivity index (χ1n) is 7.80. The molecule has 0 aliphatic heterocycles. The summed E-state index contributed by atoms with van der Waals surface area (Å²) in [5, 5.41) is 16.7. The summed E-state index contributed by atoms with van der Waals surface area (Å²) >= 11 is 1.35. The molecular formula is C18H14N4O3S. The molecule has 8 heteroatoms. The van der Waals surface area contributed by atoms with Crippen LogP contribution >= 0.6 is 11.8 Å². The standard InChI is InChI=1S/C18H14N4O3S/c1-23-14-9-7-13(8-10-14)16-20-19-15(24-16)11-26-18-22-21-17(25-18)12-5-3-2-4-6-12/h2-10H,11H2,1H3. The quantitative estimate of drug-likeness (QED) is 0.472. The van der Waals surface area contributed by atoms with Crippen molar-refractivity contribution >= 4 is 11.8 Å². The van der Waals surface area contributed by atoms with Crippen molar-refractivity contribution in [2.75, 3.05) is 7.11 Å². The van der Waals surface area contributed by atoms with Gasteiger partial charge in [-0.1, -0.05) is 30.0 Å². The van der Waals surface area contributed by atoms with Crippen LogP contribution < -0.4 is 4.74 Å². The van der Waals surface area contributed by atoms with Crippen LogP contribution in [0.1, 0.15) is 5.89 Å². The molecule has 0 aliphatic rings. The minimum Gasteiger partial charge on any atom is -0.497 e. The highest BCUT2D eigenvalue weighted by molar-refractivity contribution is 7.98. The first-order chi connectivity index (χ1) is 12.8. The van der Waals surface area contributed by atoms with Gasteiger partial charge in [0.05, 0.1) is 12.9 Å². The molecule has 4 aromatic rings. The fraction of sp³-hybridized carbons (Fsp3) is 0.111. The van der Waals surface area contributed by atoms with Crippen molar-refractivity contribution in [1.82, 2.24) is 20.4 Å². The third-order valence-electron chi connectivity index (χ3n) is 3.55. The Morgan fingerprint density at radius 2 is 1.50 bits per heavy atom. The Balaban J connectivity index is 1.41. The molecule has 2 heterocycles. The molecule has 0 saturated heterocycles. The third kappa shape index (κ3) is 3.60. The average Bonchev–Trinajstić information content (AvgIpc) is 3.37. The van der Waals surface area contributed by atoms with E-state index in [0.717, 1.165) is 16.9 Å². The number of nitrogens with zero attached hydrogens (tertiary/aromatic N) is 4. The van der Waals surface area contributed by atoms with E-state index >= 15 is 0 Å². The average molecular weight is 366 g/mol. The maximum absolute atomic E-state index is 5.68. The highest BCUT2D eigenvalue weighted by Gasteiger charge is 2.13. The molecule has 0 N–H and O–H groups in total. The number of thioether (sulfide) groups is 1. The van der Waals surface area contributed by atoms with Crippen LogP contribution in [0, 0.1) is 0 Å². The van der Waals surface area contributed by atoms with Gasteiger partial charge in [-0.25, -0.2) is 0 Å². The van der Waals surface area contributed by atoms with E-state index in [-0.39, 0.29) is 0 Å². The number of aromatic nitrogens is 4. The lowest BCUT2D eigenvalue weighted by molar-refractivity contribution is 0.415. The zero-order chi connectivity index (χ0) is 17.8. The predicted molar refractivity (Wildman–Crippen MR) is 95.6 cm³/mol. The summed E-state index contributed by atoms with van der Waals surface area (Å²) in [6.07, 6.45) is 0. The van der Waals surface area contributed by atoms with Gasteiger partial charge in [-0.05, 0) is 36.4 Å². The summed E-state index contributed by atoms with van der Waals surface area (Å²) < 4.78 is 16.5. The van der Waals surface area contributed by atoms with E-state index in [2.05, 4.69) is 20.4 Å². The topological polar surface area (TPSA) is 87.1 Å². The van der Waals surface area contributed by atoms with E-state index in [1.807, 2.05) is 54.6 Å². The summed E-state index contributed by atoms with van der Waals surface area (Å²) in [5.41, 5.74) is 1.71. The number of ether oxygens (including phenoxy) is 1. The molecular weight excluding hydrogens is 352 g/mol. The van der Waals surface area contributed by atoms with Gasteiger partial charge in [0.15, 0.2) is 0 Å². The van der Waals surface area contributed by atoms with Gasteiger partial charge >= 0.3 is 0 Å². The van der Waals surface area contributed by atoms with Gasteiger partial charge < -0.3 is 13.6 Å². The molecule has 4 rings (SSSR count). The van der Waals surface area contributed by atoms with Crippen LogP contribution in [-0.2, 0) is 5.75 Å². The molecule has 130 valence electrons. The second kappa shape index (κ2) is 7.40. The number of hydrogen-bond acceptors (Lipinski definition) is 8. The molecule has 0 aliphatic carbocycles. The van der Waals surface area contributed by atoms with Crippen LogP contribution in [0.25, 0.3) is 22.9 Å². The predicted octanol–water partition coefficient (Wildman–Crippen LogP) is 4.09. The number of benzene rings is 2. The second-order valence-electron chi connectivity index (χ2n) is 5.26. The Bertz CT molecular complexity index is 983. The van der Waals surface area contributed by atoms with Gasteiger partial charge in [-0.3, -0.25) is 0 Å². The van der Waals surface area contributed by atoms with Crippen molar-refractivity contribution in [2.24, 2.45) is 0 Å². The van der Waals surface area contributed by atoms with E-state index in [9.17, 15) is 0 Å². The zero-order valence-corrected chi connectivity index (χ0v) is 14.6. The minimum absolute atomic E-state index is 0.444. The van der Waals surface area contributed by atoms with E-state index in [4.69, 9.17) is 13.6 Å². The molecule has 0 bridgehead atoms. The molecule has 7 nitrogen and oxygen atoms in total. The van der Waals surface area contributed by atoms with Gasteiger partial charge in [0.25, 0.3) is 5.22 Å². The molecule has 0 fully saturated rings. The Kier molecular flexibility index (Phi) is 4.65. The summed E-state index contributed by atoms with van der Waals surface area (Å²) in [5.74, 6) is 2.64. The van der Waals surface area contributed by atoms with Crippen LogP contribution in [0.3, 0.4) is 0 Å². The number of methoxy groups -OCH3 is 1. The monoisotopic (exact) mass is 366 g/mol. The summed E-state index contributed by atoms with van der Waals surface area (Å²) in [6.45, 7) is 0. The summed E-state index contributed by atoms with van der Waals surface area (Å²) in [6, 6.07) is 17.0. The van der Waals surface area contributed by atoms with E-state index < -0.39 is 0 Å². The van der Waals surface area contributed by atoms with Gasteiger partial charge in [0, 0.05) is 11.1 Å². The zero-order valence-electron chi connectivity index (χ0n) is 13.8. The Morgan fingerprint density at radius 3 is 2.27 bits per heavy atom. The van der Waals surface area contributed by atoms with Crippen LogP contribution in [0.2, 0.25) is 0 Å². The molecule has 0 unspecified atom stereocenters. The lowest BCUT2D eigenvalue weighted by atomic mass is 10.2. The van der Waals surface area contributed by atoms with Crippen LogP contribution in [0.5, 0.6) is 5.75 Å². The highest BCUT2D eigenvalue weighted by atomic mass is 32.2.